The SMILES string of the molecule is CCCCCCCCCCCCCCCC(=O)OCC(COC(=O)/C=C/c1ccccc1)CC(=O)/C=C\c1ccccc1. The second-order valence-corrected chi connectivity index (χ2v) is 11.3. The van der Waals surface area contributed by atoms with E-state index in [0.29, 0.717) is 6.42 Å². The van der Waals surface area contributed by atoms with E-state index in [2.05, 4.69) is 6.92 Å². The molecule has 2 aromatic carbocycles. The Bertz CT molecular complexity index is 1070. The first kappa shape index (κ1) is 35.7. The molecule has 2 aromatic rings. The molecule has 234 valence electrons. The number of rotatable bonds is 24. The van der Waals surface area contributed by atoms with E-state index in [4.69, 9.17) is 9.47 Å². The molecule has 0 radical (unpaired) electrons. The molecule has 0 bridgehead atoms. The van der Waals surface area contributed by atoms with Crippen molar-refractivity contribution in [2.75, 3.05) is 13.2 Å². The highest BCUT2D eigenvalue weighted by atomic mass is 16.5. The highest BCUT2D eigenvalue weighted by Crippen LogP contribution is 2.14. The van der Waals surface area contributed by atoms with Crippen LogP contribution in [0.25, 0.3) is 12.2 Å². The maximum atomic E-state index is 12.7. The number of allylic oxidation sites excluding steroid dienone is 1. The van der Waals surface area contributed by atoms with E-state index in [1.54, 1.807) is 12.2 Å². The number of carbonyl (C=O) groups is 3. The van der Waals surface area contributed by atoms with Gasteiger partial charge in [0.2, 0.25) is 0 Å². The summed E-state index contributed by atoms with van der Waals surface area (Å²) in [5, 5.41) is 0. The van der Waals surface area contributed by atoms with Gasteiger partial charge in [0.15, 0.2) is 5.78 Å². The molecular weight excluding hydrogens is 536 g/mol. The number of hydrogen-bond acceptors (Lipinski definition) is 5. The highest BCUT2D eigenvalue weighted by Gasteiger charge is 2.17. The van der Waals surface area contributed by atoms with Gasteiger partial charge in [-0.2, -0.15) is 0 Å². The third kappa shape index (κ3) is 19.4. The van der Waals surface area contributed by atoms with Crippen molar-refractivity contribution >= 4 is 29.9 Å². The molecule has 0 aromatic heterocycles. The predicted molar refractivity (Wildman–Crippen MR) is 176 cm³/mol. The number of hydrogen-bond donors (Lipinski definition) is 0. The van der Waals surface area contributed by atoms with Gasteiger partial charge in [-0.25, -0.2) is 4.79 Å². The second kappa shape index (κ2) is 24.0. The maximum Gasteiger partial charge on any atom is 0.330 e. The van der Waals surface area contributed by atoms with E-state index in [-0.39, 0.29) is 31.4 Å². The fourth-order valence-electron chi connectivity index (χ4n) is 4.82. The van der Waals surface area contributed by atoms with Crippen molar-refractivity contribution in [3.8, 4) is 0 Å². The quantitative estimate of drug-likeness (QED) is 0.0694. The normalized spacial score (nSPS) is 12.0. The largest absolute Gasteiger partial charge is 0.465 e. The minimum atomic E-state index is -0.501. The van der Waals surface area contributed by atoms with Gasteiger partial charge in [-0.15, -0.1) is 0 Å². The lowest BCUT2D eigenvalue weighted by molar-refractivity contribution is -0.148. The van der Waals surface area contributed by atoms with E-state index in [1.807, 2.05) is 60.7 Å². The van der Waals surface area contributed by atoms with Crippen LogP contribution >= 0.6 is 0 Å². The van der Waals surface area contributed by atoms with E-state index < -0.39 is 11.9 Å². The number of ether oxygens (including phenoxy) is 2. The average molecular weight is 589 g/mol. The minimum absolute atomic E-state index is 0.00506. The van der Waals surface area contributed by atoms with Crippen molar-refractivity contribution in [2.45, 2.75) is 103 Å². The van der Waals surface area contributed by atoms with Crippen LogP contribution in [0.2, 0.25) is 0 Å². The molecular formula is C38H52O5. The fourth-order valence-corrected chi connectivity index (χ4v) is 4.82. The molecule has 0 spiro atoms. The Morgan fingerprint density at radius 1 is 0.605 bits per heavy atom. The monoisotopic (exact) mass is 588 g/mol. The van der Waals surface area contributed by atoms with Gasteiger partial charge in [0, 0.05) is 24.8 Å². The number of carbonyl (C=O) groups excluding carboxylic acids is 3. The van der Waals surface area contributed by atoms with Crippen LogP contribution in [-0.2, 0) is 23.9 Å². The Balaban J connectivity index is 1.68. The molecule has 2 rings (SSSR count). The van der Waals surface area contributed by atoms with Crippen LogP contribution in [0.4, 0.5) is 0 Å². The molecule has 0 aliphatic heterocycles. The topological polar surface area (TPSA) is 69.7 Å². The molecule has 0 aliphatic rings. The Labute approximate surface area is 259 Å². The average Bonchev–Trinajstić information content (AvgIpc) is 3.03. The van der Waals surface area contributed by atoms with Crippen LogP contribution in [-0.4, -0.2) is 30.9 Å². The molecule has 0 amide bonds. The van der Waals surface area contributed by atoms with Crippen molar-refractivity contribution in [3.05, 3.63) is 83.9 Å². The van der Waals surface area contributed by atoms with E-state index >= 15 is 0 Å². The van der Waals surface area contributed by atoms with Gasteiger partial charge >= 0.3 is 11.9 Å². The maximum absolute atomic E-state index is 12.7. The Morgan fingerprint density at radius 3 is 1.60 bits per heavy atom. The zero-order chi connectivity index (χ0) is 30.8. The molecule has 0 saturated carbocycles. The van der Waals surface area contributed by atoms with Crippen LogP contribution in [0.1, 0.15) is 114 Å². The van der Waals surface area contributed by atoms with Gasteiger partial charge in [-0.05, 0) is 29.7 Å². The van der Waals surface area contributed by atoms with Gasteiger partial charge < -0.3 is 9.47 Å². The summed E-state index contributed by atoms with van der Waals surface area (Å²) in [5.74, 6) is -1.30. The Morgan fingerprint density at radius 2 is 1.07 bits per heavy atom. The second-order valence-electron chi connectivity index (χ2n) is 11.3. The Kier molecular flexibility index (Phi) is 20.0. The third-order valence-corrected chi connectivity index (χ3v) is 7.39. The lowest BCUT2D eigenvalue weighted by Crippen LogP contribution is -2.22. The Hall–Kier alpha value is -3.47. The fraction of sp³-hybridized carbons (Fsp3) is 0.500. The van der Waals surface area contributed by atoms with Gasteiger partial charge in [-0.3, -0.25) is 9.59 Å². The van der Waals surface area contributed by atoms with Crippen molar-refractivity contribution < 1.29 is 23.9 Å². The molecule has 1 atom stereocenters. The van der Waals surface area contributed by atoms with Crippen LogP contribution < -0.4 is 0 Å². The first-order valence-corrected chi connectivity index (χ1v) is 16.4. The molecule has 5 nitrogen and oxygen atoms in total. The zero-order valence-corrected chi connectivity index (χ0v) is 26.2. The summed E-state index contributed by atoms with van der Waals surface area (Å²) in [6.45, 7) is 2.29. The van der Waals surface area contributed by atoms with Crippen molar-refractivity contribution in [2.24, 2.45) is 5.92 Å². The molecule has 5 heteroatoms. The molecule has 0 aliphatic carbocycles. The molecule has 0 heterocycles. The van der Waals surface area contributed by atoms with Crippen LogP contribution in [0.5, 0.6) is 0 Å². The number of benzene rings is 2. The smallest absolute Gasteiger partial charge is 0.330 e. The van der Waals surface area contributed by atoms with Crippen LogP contribution in [0.3, 0.4) is 0 Å². The number of ketones is 1. The molecule has 43 heavy (non-hydrogen) atoms. The van der Waals surface area contributed by atoms with Gasteiger partial charge in [-0.1, -0.05) is 151 Å². The molecule has 0 fully saturated rings. The lowest BCUT2D eigenvalue weighted by atomic mass is 10.0. The highest BCUT2D eigenvalue weighted by molar-refractivity contribution is 5.93. The summed E-state index contributed by atoms with van der Waals surface area (Å²) in [7, 11) is 0. The summed E-state index contributed by atoms with van der Waals surface area (Å²) in [6.07, 6.45) is 23.1. The zero-order valence-electron chi connectivity index (χ0n) is 26.2. The minimum Gasteiger partial charge on any atom is -0.465 e. The summed E-state index contributed by atoms with van der Waals surface area (Å²) in [6, 6.07) is 19.0. The standard InChI is InChI=1S/C38H52O5/c1-2-3-4-5-6-7-8-9-10-11-12-13-20-25-37(40)42-31-35(30-36(39)28-26-33-21-16-14-17-22-33)32-43-38(41)29-27-34-23-18-15-19-24-34/h14-19,21-24,26-29,35H,2-13,20,25,30-32H2,1H3/b28-26-,29-27+. The predicted octanol–water partition coefficient (Wildman–Crippen LogP) is 9.56. The molecule has 0 saturated heterocycles. The van der Waals surface area contributed by atoms with Crippen molar-refractivity contribution in [1.29, 1.82) is 0 Å². The van der Waals surface area contributed by atoms with E-state index in [0.717, 1.165) is 30.4 Å². The van der Waals surface area contributed by atoms with Gasteiger partial charge in [0.1, 0.15) is 0 Å². The van der Waals surface area contributed by atoms with Crippen molar-refractivity contribution in [3.63, 3.8) is 0 Å². The van der Waals surface area contributed by atoms with E-state index in [9.17, 15) is 14.4 Å². The summed E-state index contributed by atoms with van der Waals surface area (Å²) < 4.78 is 10.9. The molecule has 0 N–H and O–H groups in total. The first-order chi connectivity index (χ1) is 21.1. The first-order valence-electron chi connectivity index (χ1n) is 16.4. The van der Waals surface area contributed by atoms with Crippen LogP contribution in [0, 0.1) is 5.92 Å². The van der Waals surface area contributed by atoms with Crippen molar-refractivity contribution in [1.82, 2.24) is 0 Å². The number of esters is 2. The van der Waals surface area contributed by atoms with E-state index in [1.165, 1.54) is 76.4 Å². The van der Waals surface area contributed by atoms with Gasteiger partial charge in [0.25, 0.3) is 0 Å². The third-order valence-electron chi connectivity index (χ3n) is 7.39. The summed E-state index contributed by atoms with van der Waals surface area (Å²) in [4.78, 5) is 37.3. The summed E-state index contributed by atoms with van der Waals surface area (Å²) in [5.41, 5.74) is 1.81. The lowest BCUT2D eigenvalue weighted by Gasteiger charge is -2.15. The van der Waals surface area contributed by atoms with Crippen LogP contribution in [0.15, 0.2) is 72.8 Å². The molecule has 1 unspecified atom stereocenters. The number of unbranched alkanes of at least 4 members (excludes halogenated alkanes) is 12. The summed E-state index contributed by atoms with van der Waals surface area (Å²) >= 11 is 0. The van der Waals surface area contributed by atoms with Gasteiger partial charge in [0.05, 0.1) is 13.2 Å².